The molecule has 0 radical (unpaired) electrons. The SMILES string of the molecule is CCC(C(=O)O)c1cc(Br)c(OC)s1. The van der Waals surface area contributed by atoms with E-state index in [0.717, 1.165) is 14.4 Å². The molecular formula is C9H11BrO3S. The molecule has 0 fully saturated rings. The molecule has 1 atom stereocenters. The molecule has 0 aliphatic heterocycles. The fourth-order valence-electron chi connectivity index (χ4n) is 1.18. The van der Waals surface area contributed by atoms with E-state index in [1.54, 1.807) is 7.11 Å². The monoisotopic (exact) mass is 278 g/mol. The van der Waals surface area contributed by atoms with Gasteiger partial charge in [0.15, 0.2) is 5.06 Å². The number of ether oxygens (including phenoxy) is 1. The highest BCUT2D eigenvalue weighted by molar-refractivity contribution is 9.10. The number of methoxy groups -OCH3 is 1. The first-order valence-electron chi connectivity index (χ1n) is 4.16. The van der Waals surface area contributed by atoms with Crippen molar-refractivity contribution < 1.29 is 14.6 Å². The Bertz CT molecular complexity index is 335. The van der Waals surface area contributed by atoms with Crippen LogP contribution in [0.15, 0.2) is 10.5 Å². The minimum Gasteiger partial charge on any atom is -0.486 e. The highest BCUT2D eigenvalue weighted by atomic mass is 79.9. The fourth-order valence-corrected chi connectivity index (χ4v) is 3.02. The molecule has 5 heteroatoms. The molecule has 0 saturated heterocycles. The van der Waals surface area contributed by atoms with Gasteiger partial charge in [0.05, 0.1) is 17.5 Å². The highest BCUT2D eigenvalue weighted by Crippen LogP contribution is 2.39. The summed E-state index contributed by atoms with van der Waals surface area (Å²) in [7, 11) is 1.57. The second-order valence-electron chi connectivity index (χ2n) is 2.79. The Kier molecular flexibility index (Phi) is 3.95. The number of thiophene rings is 1. The lowest BCUT2D eigenvalue weighted by molar-refractivity contribution is -0.138. The first kappa shape index (κ1) is 11.5. The number of carbonyl (C=O) groups is 1. The number of rotatable bonds is 4. The number of hydrogen-bond donors (Lipinski definition) is 1. The molecule has 0 aliphatic carbocycles. The molecule has 1 heterocycles. The van der Waals surface area contributed by atoms with Gasteiger partial charge in [0.25, 0.3) is 0 Å². The Morgan fingerprint density at radius 2 is 2.43 bits per heavy atom. The molecule has 1 rings (SSSR count). The van der Waals surface area contributed by atoms with Crippen molar-refractivity contribution in [2.45, 2.75) is 19.3 Å². The Labute approximate surface area is 94.8 Å². The van der Waals surface area contributed by atoms with Gasteiger partial charge in [-0.05, 0) is 28.4 Å². The summed E-state index contributed by atoms with van der Waals surface area (Å²) in [6, 6.07) is 1.81. The molecule has 1 aromatic heterocycles. The molecule has 0 saturated carbocycles. The molecule has 0 aromatic carbocycles. The van der Waals surface area contributed by atoms with Crippen LogP contribution in [0.25, 0.3) is 0 Å². The van der Waals surface area contributed by atoms with Crippen molar-refractivity contribution >= 4 is 33.2 Å². The molecule has 1 unspecified atom stereocenters. The lowest BCUT2D eigenvalue weighted by atomic mass is 10.1. The Hall–Kier alpha value is -0.550. The maximum Gasteiger partial charge on any atom is 0.311 e. The predicted octanol–water partition coefficient (Wildman–Crippen LogP) is 3.10. The van der Waals surface area contributed by atoms with E-state index in [-0.39, 0.29) is 0 Å². The summed E-state index contributed by atoms with van der Waals surface area (Å²) in [4.78, 5) is 11.7. The first-order chi connectivity index (χ1) is 6.60. The van der Waals surface area contributed by atoms with E-state index < -0.39 is 11.9 Å². The summed E-state index contributed by atoms with van der Waals surface area (Å²) in [6.45, 7) is 1.86. The summed E-state index contributed by atoms with van der Waals surface area (Å²) in [5, 5.41) is 9.67. The summed E-state index contributed by atoms with van der Waals surface area (Å²) < 4.78 is 5.90. The van der Waals surface area contributed by atoms with Crippen LogP contribution in [-0.4, -0.2) is 18.2 Å². The lowest BCUT2D eigenvalue weighted by Crippen LogP contribution is -2.08. The zero-order chi connectivity index (χ0) is 10.7. The summed E-state index contributed by atoms with van der Waals surface area (Å²) in [5.74, 6) is -1.22. The number of carboxylic acids is 1. The van der Waals surface area contributed by atoms with Gasteiger partial charge in [-0.15, -0.1) is 11.3 Å². The zero-order valence-corrected chi connectivity index (χ0v) is 10.3. The summed E-state index contributed by atoms with van der Waals surface area (Å²) >= 11 is 4.69. The van der Waals surface area contributed by atoms with Gasteiger partial charge in [-0.1, -0.05) is 6.92 Å². The highest BCUT2D eigenvalue weighted by Gasteiger charge is 2.21. The van der Waals surface area contributed by atoms with E-state index in [2.05, 4.69) is 15.9 Å². The average Bonchev–Trinajstić information content (AvgIpc) is 2.47. The number of carboxylic acid groups (broad SMARTS) is 1. The Morgan fingerprint density at radius 1 is 1.79 bits per heavy atom. The van der Waals surface area contributed by atoms with Crippen LogP contribution in [0.5, 0.6) is 5.06 Å². The Balaban J connectivity index is 2.99. The fraction of sp³-hybridized carbons (Fsp3) is 0.444. The molecule has 14 heavy (non-hydrogen) atoms. The topological polar surface area (TPSA) is 46.5 Å². The van der Waals surface area contributed by atoms with E-state index in [4.69, 9.17) is 9.84 Å². The molecule has 0 aliphatic rings. The van der Waals surface area contributed by atoms with Crippen molar-refractivity contribution in [1.82, 2.24) is 0 Å². The minimum absolute atomic E-state index is 0.430. The largest absolute Gasteiger partial charge is 0.486 e. The molecule has 0 bridgehead atoms. The second-order valence-corrected chi connectivity index (χ2v) is 4.69. The third-order valence-corrected chi connectivity index (χ3v) is 3.97. The van der Waals surface area contributed by atoms with Gasteiger partial charge in [-0.3, -0.25) is 4.79 Å². The first-order valence-corrected chi connectivity index (χ1v) is 5.77. The van der Waals surface area contributed by atoms with Gasteiger partial charge in [0, 0.05) is 4.88 Å². The van der Waals surface area contributed by atoms with Crippen molar-refractivity contribution in [2.75, 3.05) is 7.11 Å². The smallest absolute Gasteiger partial charge is 0.311 e. The predicted molar refractivity (Wildman–Crippen MR) is 59.2 cm³/mol. The number of hydrogen-bond acceptors (Lipinski definition) is 3. The molecule has 3 nitrogen and oxygen atoms in total. The van der Waals surface area contributed by atoms with Crippen molar-refractivity contribution in [2.24, 2.45) is 0 Å². The van der Waals surface area contributed by atoms with Gasteiger partial charge >= 0.3 is 5.97 Å². The van der Waals surface area contributed by atoms with Gasteiger partial charge < -0.3 is 9.84 Å². The van der Waals surface area contributed by atoms with E-state index in [1.807, 2.05) is 13.0 Å². The van der Waals surface area contributed by atoms with Crippen LogP contribution in [-0.2, 0) is 4.79 Å². The normalized spacial score (nSPS) is 12.5. The van der Waals surface area contributed by atoms with Crippen LogP contribution in [0.1, 0.15) is 24.1 Å². The van der Waals surface area contributed by atoms with Crippen LogP contribution in [0.2, 0.25) is 0 Å². The lowest BCUT2D eigenvalue weighted by Gasteiger charge is -2.05. The zero-order valence-electron chi connectivity index (χ0n) is 7.91. The van der Waals surface area contributed by atoms with Gasteiger partial charge in [0.2, 0.25) is 0 Å². The third-order valence-electron chi connectivity index (χ3n) is 1.91. The minimum atomic E-state index is -0.788. The quantitative estimate of drug-likeness (QED) is 0.921. The van der Waals surface area contributed by atoms with E-state index in [9.17, 15) is 4.79 Å². The Morgan fingerprint density at radius 3 is 2.79 bits per heavy atom. The van der Waals surface area contributed by atoms with E-state index >= 15 is 0 Å². The molecule has 0 amide bonds. The van der Waals surface area contributed by atoms with E-state index in [1.165, 1.54) is 11.3 Å². The standard InChI is InChI=1S/C9H11BrO3S/c1-3-5(8(11)12)7-4-6(10)9(13-2)14-7/h4-5H,3H2,1-2H3,(H,11,12). The second kappa shape index (κ2) is 4.79. The van der Waals surface area contributed by atoms with Gasteiger partial charge in [-0.25, -0.2) is 0 Å². The van der Waals surface area contributed by atoms with Gasteiger partial charge in [-0.2, -0.15) is 0 Å². The van der Waals surface area contributed by atoms with Crippen molar-refractivity contribution in [3.8, 4) is 5.06 Å². The summed E-state index contributed by atoms with van der Waals surface area (Å²) in [6.07, 6.45) is 0.589. The van der Waals surface area contributed by atoms with Crippen LogP contribution < -0.4 is 4.74 Å². The molecule has 1 aromatic rings. The van der Waals surface area contributed by atoms with Crippen LogP contribution in [0, 0.1) is 0 Å². The van der Waals surface area contributed by atoms with Crippen molar-refractivity contribution in [3.05, 3.63) is 15.4 Å². The summed E-state index contributed by atoms with van der Waals surface area (Å²) in [5.41, 5.74) is 0. The average molecular weight is 279 g/mol. The molecular weight excluding hydrogens is 268 g/mol. The van der Waals surface area contributed by atoms with Crippen LogP contribution >= 0.6 is 27.3 Å². The molecule has 1 N–H and O–H groups in total. The molecule has 0 spiro atoms. The number of aliphatic carboxylic acids is 1. The van der Waals surface area contributed by atoms with Crippen molar-refractivity contribution in [1.29, 1.82) is 0 Å². The van der Waals surface area contributed by atoms with Crippen LogP contribution in [0.3, 0.4) is 0 Å². The maximum atomic E-state index is 10.9. The van der Waals surface area contributed by atoms with Crippen LogP contribution in [0.4, 0.5) is 0 Å². The maximum absolute atomic E-state index is 10.9. The van der Waals surface area contributed by atoms with E-state index in [0.29, 0.717) is 6.42 Å². The van der Waals surface area contributed by atoms with Gasteiger partial charge in [0.1, 0.15) is 0 Å². The van der Waals surface area contributed by atoms with Crippen molar-refractivity contribution in [3.63, 3.8) is 0 Å². The third kappa shape index (κ3) is 2.27. The number of halogens is 1. The molecule has 78 valence electrons.